The lowest BCUT2D eigenvalue weighted by atomic mass is 10.1. The van der Waals surface area contributed by atoms with Crippen molar-refractivity contribution >= 4 is 28.9 Å². The van der Waals surface area contributed by atoms with E-state index in [-0.39, 0.29) is 11.9 Å². The van der Waals surface area contributed by atoms with Crippen molar-refractivity contribution in [1.82, 2.24) is 0 Å². The molecule has 0 saturated heterocycles. The summed E-state index contributed by atoms with van der Waals surface area (Å²) in [6, 6.07) is 10.5. The molecule has 0 heterocycles. The van der Waals surface area contributed by atoms with Gasteiger partial charge in [-0.15, -0.1) is 0 Å². The SMILES string of the molecule is Fc1ccc2c(c1)CCC2Nc1ccc(Cl)cc1Cl. The zero-order chi connectivity index (χ0) is 13.4. The Kier molecular flexibility index (Phi) is 3.38. The first kappa shape index (κ1) is 12.8. The Morgan fingerprint density at radius 2 is 1.95 bits per heavy atom. The van der Waals surface area contributed by atoms with Crippen molar-refractivity contribution < 1.29 is 4.39 Å². The summed E-state index contributed by atoms with van der Waals surface area (Å²) in [6.45, 7) is 0. The minimum absolute atomic E-state index is 0.175. The van der Waals surface area contributed by atoms with Crippen LogP contribution < -0.4 is 5.32 Å². The molecule has 0 radical (unpaired) electrons. The van der Waals surface area contributed by atoms with Crippen molar-refractivity contribution in [2.75, 3.05) is 5.32 Å². The lowest BCUT2D eigenvalue weighted by Crippen LogP contribution is -2.07. The average molecular weight is 296 g/mol. The van der Waals surface area contributed by atoms with Gasteiger partial charge in [0.25, 0.3) is 0 Å². The summed E-state index contributed by atoms with van der Waals surface area (Å²) in [7, 11) is 0. The van der Waals surface area contributed by atoms with Crippen molar-refractivity contribution in [2.24, 2.45) is 0 Å². The highest BCUT2D eigenvalue weighted by atomic mass is 35.5. The molecule has 98 valence electrons. The van der Waals surface area contributed by atoms with E-state index in [2.05, 4.69) is 5.32 Å². The minimum Gasteiger partial charge on any atom is -0.377 e. The molecule has 2 aromatic rings. The molecule has 0 amide bonds. The number of hydrogen-bond donors (Lipinski definition) is 1. The van der Waals surface area contributed by atoms with Crippen LogP contribution in [0.25, 0.3) is 0 Å². The van der Waals surface area contributed by atoms with Crippen molar-refractivity contribution in [3.05, 3.63) is 63.4 Å². The van der Waals surface area contributed by atoms with Crippen molar-refractivity contribution in [3.63, 3.8) is 0 Å². The molecule has 4 heteroatoms. The van der Waals surface area contributed by atoms with Gasteiger partial charge in [0.05, 0.1) is 16.8 Å². The molecule has 1 nitrogen and oxygen atoms in total. The molecule has 1 aliphatic rings. The zero-order valence-corrected chi connectivity index (χ0v) is 11.6. The van der Waals surface area contributed by atoms with Gasteiger partial charge in [0.2, 0.25) is 0 Å². The van der Waals surface area contributed by atoms with Gasteiger partial charge in [0.1, 0.15) is 5.82 Å². The lowest BCUT2D eigenvalue weighted by Gasteiger charge is -2.16. The summed E-state index contributed by atoms with van der Waals surface area (Å²) in [6.07, 6.45) is 1.83. The largest absolute Gasteiger partial charge is 0.377 e. The molecule has 1 unspecified atom stereocenters. The van der Waals surface area contributed by atoms with Gasteiger partial charge in [-0.3, -0.25) is 0 Å². The first-order chi connectivity index (χ1) is 9.13. The maximum absolute atomic E-state index is 13.2. The summed E-state index contributed by atoms with van der Waals surface area (Å²) in [4.78, 5) is 0. The Bertz CT molecular complexity index is 628. The first-order valence-corrected chi connectivity index (χ1v) is 6.89. The smallest absolute Gasteiger partial charge is 0.123 e. The summed E-state index contributed by atoms with van der Waals surface area (Å²) in [5, 5.41) is 4.61. The first-order valence-electron chi connectivity index (χ1n) is 6.13. The number of rotatable bonds is 2. The van der Waals surface area contributed by atoms with E-state index in [1.807, 2.05) is 12.1 Å². The van der Waals surface area contributed by atoms with Crippen LogP contribution in [0.4, 0.5) is 10.1 Å². The van der Waals surface area contributed by atoms with Crippen LogP contribution in [0.1, 0.15) is 23.6 Å². The highest BCUT2D eigenvalue weighted by Crippen LogP contribution is 2.36. The molecule has 0 aromatic heterocycles. The molecule has 19 heavy (non-hydrogen) atoms. The predicted octanol–water partition coefficient (Wildman–Crippen LogP) is 5.23. The number of nitrogens with one attached hydrogen (secondary N) is 1. The van der Waals surface area contributed by atoms with E-state index in [1.165, 1.54) is 6.07 Å². The van der Waals surface area contributed by atoms with Crippen LogP contribution in [0.3, 0.4) is 0 Å². The molecular weight excluding hydrogens is 284 g/mol. The molecule has 1 aliphatic carbocycles. The van der Waals surface area contributed by atoms with Gasteiger partial charge in [0, 0.05) is 5.02 Å². The number of hydrogen-bond acceptors (Lipinski definition) is 1. The molecule has 2 aromatic carbocycles. The third-order valence-corrected chi connectivity index (χ3v) is 3.99. The zero-order valence-electron chi connectivity index (χ0n) is 10.1. The van der Waals surface area contributed by atoms with Gasteiger partial charge in [-0.1, -0.05) is 29.3 Å². The molecule has 0 saturated carbocycles. The fourth-order valence-electron chi connectivity index (χ4n) is 2.53. The number of halogens is 3. The second-order valence-electron chi connectivity index (χ2n) is 4.70. The molecular formula is C15H12Cl2FN. The molecule has 3 rings (SSSR count). The topological polar surface area (TPSA) is 12.0 Å². The summed E-state index contributed by atoms with van der Waals surface area (Å²) < 4.78 is 13.2. The molecule has 0 aliphatic heterocycles. The van der Waals surface area contributed by atoms with Crippen LogP contribution in [-0.2, 0) is 6.42 Å². The van der Waals surface area contributed by atoms with Crippen LogP contribution in [0, 0.1) is 5.82 Å². The maximum Gasteiger partial charge on any atom is 0.123 e. The highest BCUT2D eigenvalue weighted by molar-refractivity contribution is 6.36. The van der Waals surface area contributed by atoms with E-state index in [0.29, 0.717) is 10.0 Å². The normalized spacial score (nSPS) is 17.3. The molecule has 0 spiro atoms. The fourth-order valence-corrected chi connectivity index (χ4v) is 2.99. The number of aryl methyl sites for hydroxylation is 1. The van der Waals surface area contributed by atoms with E-state index in [0.717, 1.165) is 29.7 Å². The van der Waals surface area contributed by atoms with Crippen LogP contribution in [0.5, 0.6) is 0 Å². The van der Waals surface area contributed by atoms with Crippen LogP contribution in [0.2, 0.25) is 10.0 Å². The van der Waals surface area contributed by atoms with Gasteiger partial charge in [-0.25, -0.2) is 4.39 Å². The second kappa shape index (κ2) is 5.03. The standard InChI is InChI=1S/C15H12Cl2FN/c16-10-2-6-15(13(17)8-10)19-14-5-1-9-7-11(18)3-4-12(9)14/h2-4,6-8,14,19H,1,5H2. The Morgan fingerprint density at radius 3 is 2.74 bits per heavy atom. The molecule has 1 N–H and O–H groups in total. The number of benzene rings is 2. The van der Waals surface area contributed by atoms with Gasteiger partial charge in [-0.2, -0.15) is 0 Å². The molecule has 0 bridgehead atoms. The quantitative estimate of drug-likeness (QED) is 0.800. The summed E-state index contributed by atoms with van der Waals surface area (Å²) in [5.41, 5.74) is 3.07. The lowest BCUT2D eigenvalue weighted by molar-refractivity contribution is 0.626. The summed E-state index contributed by atoms with van der Waals surface area (Å²) >= 11 is 12.0. The van der Waals surface area contributed by atoms with Crippen molar-refractivity contribution in [3.8, 4) is 0 Å². The van der Waals surface area contributed by atoms with Crippen molar-refractivity contribution in [2.45, 2.75) is 18.9 Å². The Morgan fingerprint density at radius 1 is 1.11 bits per heavy atom. The fraction of sp³-hybridized carbons (Fsp3) is 0.200. The predicted molar refractivity (Wildman–Crippen MR) is 77.5 cm³/mol. The summed E-state index contributed by atoms with van der Waals surface area (Å²) in [5.74, 6) is -0.177. The van der Waals surface area contributed by atoms with Crippen LogP contribution >= 0.6 is 23.2 Å². The molecule has 0 fully saturated rings. The van der Waals surface area contributed by atoms with Gasteiger partial charge >= 0.3 is 0 Å². The minimum atomic E-state index is -0.177. The third-order valence-electron chi connectivity index (χ3n) is 3.44. The maximum atomic E-state index is 13.2. The number of fused-ring (bicyclic) bond motifs is 1. The van der Waals surface area contributed by atoms with Crippen molar-refractivity contribution in [1.29, 1.82) is 0 Å². The van der Waals surface area contributed by atoms with E-state index in [9.17, 15) is 4.39 Å². The van der Waals surface area contributed by atoms with Crippen LogP contribution in [-0.4, -0.2) is 0 Å². The van der Waals surface area contributed by atoms with Gasteiger partial charge in [0.15, 0.2) is 0 Å². The molecule has 1 atom stereocenters. The monoisotopic (exact) mass is 295 g/mol. The average Bonchev–Trinajstić information content (AvgIpc) is 2.75. The Hall–Kier alpha value is -1.25. The highest BCUT2D eigenvalue weighted by Gasteiger charge is 2.23. The van der Waals surface area contributed by atoms with E-state index < -0.39 is 0 Å². The van der Waals surface area contributed by atoms with E-state index >= 15 is 0 Å². The Labute approximate surface area is 121 Å². The van der Waals surface area contributed by atoms with E-state index in [4.69, 9.17) is 23.2 Å². The van der Waals surface area contributed by atoms with E-state index in [1.54, 1.807) is 18.2 Å². The second-order valence-corrected chi connectivity index (χ2v) is 5.55. The van der Waals surface area contributed by atoms with Gasteiger partial charge in [-0.05, 0) is 54.3 Å². The number of anilines is 1. The third kappa shape index (κ3) is 2.56. The van der Waals surface area contributed by atoms with Crippen LogP contribution in [0.15, 0.2) is 36.4 Å². The Balaban J connectivity index is 1.86. The van der Waals surface area contributed by atoms with Gasteiger partial charge < -0.3 is 5.32 Å².